The number of rotatable bonds is 5. The highest BCUT2D eigenvalue weighted by Gasteiger charge is 2.14. The summed E-state index contributed by atoms with van der Waals surface area (Å²) >= 11 is 0. The summed E-state index contributed by atoms with van der Waals surface area (Å²) in [6, 6.07) is 10.1. The molecule has 3 aromatic rings. The third-order valence-corrected chi connectivity index (χ3v) is 4.78. The van der Waals surface area contributed by atoms with E-state index in [1.165, 1.54) is 4.52 Å². The molecule has 1 amide bonds. The summed E-state index contributed by atoms with van der Waals surface area (Å²) in [6.07, 6.45) is 2.46. The number of benzene rings is 1. The molecule has 0 aliphatic carbocycles. The molecule has 8 nitrogen and oxygen atoms in total. The molecule has 3 rings (SSSR count). The number of fused-ring (bicyclic) bond motifs is 1. The van der Waals surface area contributed by atoms with Gasteiger partial charge in [-0.1, -0.05) is 12.1 Å². The quantitative estimate of drug-likeness (QED) is 0.717. The third-order valence-electron chi connectivity index (χ3n) is 3.48. The predicted octanol–water partition coefficient (Wildman–Crippen LogP) is 1.06. The molecular weight excluding hydrogens is 330 g/mol. The zero-order chi connectivity index (χ0) is 17.3. The van der Waals surface area contributed by atoms with Crippen molar-refractivity contribution in [2.45, 2.75) is 6.92 Å². The Morgan fingerprint density at radius 1 is 1.25 bits per heavy atom. The highest BCUT2D eigenvalue weighted by Crippen LogP contribution is 2.23. The van der Waals surface area contributed by atoms with Crippen LogP contribution in [-0.4, -0.2) is 34.7 Å². The summed E-state index contributed by atoms with van der Waals surface area (Å²) in [5, 5.41) is 3.99. The zero-order valence-corrected chi connectivity index (χ0v) is 13.5. The summed E-state index contributed by atoms with van der Waals surface area (Å²) in [7, 11) is -3.32. The van der Waals surface area contributed by atoms with Crippen molar-refractivity contribution in [3.05, 3.63) is 48.3 Å². The van der Waals surface area contributed by atoms with E-state index in [4.69, 9.17) is 5.73 Å². The van der Waals surface area contributed by atoms with Crippen molar-refractivity contribution in [2.75, 3.05) is 10.5 Å². The largest absolute Gasteiger partial charge is 0.365 e. The number of pyridine rings is 1. The van der Waals surface area contributed by atoms with Crippen LogP contribution in [0.2, 0.25) is 0 Å². The number of aromatic nitrogens is 3. The maximum Gasteiger partial charge on any atom is 0.252 e. The SMILES string of the molecule is CCS(=O)(=O)Nc1ccc(-c2ccc(C(N)=O)c3n[c]nn23)cc1. The number of sulfonamides is 1. The number of anilines is 1. The summed E-state index contributed by atoms with van der Waals surface area (Å²) in [6.45, 7) is 1.56. The summed E-state index contributed by atoms with van der Waals surface area (Å²) < 4.78 is 27.1. The van der Waals surface area contributed by atoms with Crippen molar-refractivity contribution in [3.8, 4) is 11.3 Å². The average molecular weight is 344 g/mol. The Morgan fingerprint density at radius 2 is 1.96 bits per heavy atom. The van der Waals surface area contributed by atoms with Crippen LogP contribution >= 0.6 is 0 Å². The first kappa shape index (κ1) is 15.9. The Hall–Kier alpha value is -2.94. The Kier molecular flexibility index (Phi) is 3.94. The Morgan fingerprint density at radius 3 is 2.58 bits per heavy atom. The van der Waals surface area contributed by atoms with Crippen LogP contribution in [0.4, 0.5) is 5.69 Å². The lowest BCUT2D eigenvalue weighted by molar-refractivity contribution is 0.100. The second-order valence-electron chi connectivity index (χ2n) is 5.03. The predicted molar refractivity (Wildman–Crippen MR) is 88.9 cm³/mol. The van der Waals surface area contributed by atoms with Crippen LogP contribution < -0.4 is 10.5 Å². The molecule has 123 valence electrons. The van der Waals surface area contributed by atoms with Gasteiger partial charge in [-0.2, -0.15) is 0 Å². The Labute approximate surface area is 138 Å². The van der Waals surface area contributed by atoms with E-state index in [-0.39, 0.29) is 11.3 Å². The molecule has 0 bridgehead atoms. The number of nitrogens with one attached hydrogen (secondary N) is 1. The highest BCUT2D eigenvalue weighted by molar-refractivity contribution is 7.92. The fourth-order valence-electron chi connectivity index (χ4n) is 2.23. The molecular formula is C15H14N5O3S. The summed E-state index contributed by atoms with van der Waals surface area (Å²) in [5.74, 6) is -0.601. The van der Waals surface area contributed by atoms with E-state index in [0.29, 0.717) is 17.0 Å². The van der Waals surface area contributed by atoms with Gasteiger partial charge in [-0.3, -0.25) is 9.52 Å². The lowest BCUT2D eigenvalue weighted by Gasteiger charge is -2.09. The van der Waals surface area contributed by atoms with E-state index in [0.717, 1.165) is 5.56 Å². The first-order valence-electron chi connectivity index (χ1n) is 7.08. The molecule has 0 saturated carbocycles. The third kappa shape index (κ3) is 2.93. The molecule has 3 N–H and O–H groups in total. The van der Waals surface area contributed by atoms with Crippen molar-refractivity contribution in [1.82, 2.24) is 14.6 Å². The van der Waals surface area contributed by atoms with Crippen molar-refractivity contribution >= 4 is 27.3 Å². The smallest absolute Gasteiger partial charge is 0.252 e. The van der Waals surface area contributed by atoms with Crippen molar-refractivity contribution in [1.29, 1.82) is 0 Å². The van der Waals surface area contributed by atoms with Crippen molar-refractivity contribution in [3.63, 3.8) is 0 Å². The van der Waals surface area contributed by atoms with Crippen LogP contribution in [0, 0.1) is 6.33 Å². The minimum absolute atomic E-state index is 0.00125. The van der Waals surface area contributed by atoms with Crippen LogP contribution in [0.5, 0.6) is 0 Å². The minimum atomic E-state index is -3.32. The molecule has 2 heterocycles. The van der Waals surface area contributed by atoms with Gasteiger partial charge in [0.1, 0.15) is 0 Å². The molecule has 1 aromatic carbocycles. The molecule has 24 heavy (non-hydrogen) atoms. The molecule has 0 aliphatic heterocycles. The average Bonchev–Trinajstić information content (AvgIpc) is 3.04. The van der Waals surface area contributed by atoms with Crippen LogP contribution in [-0.2, 0) is 10.0 Å². The van der Waals surface area contributed by atoms with E-state index in [9.17, 15) is 13.2 Å². The maximum absolute atomic E-state index is 11.6. The number of nitrogens with two attached hydrogens (primary N) is 1. The monoisotopic (exact) mass is 344 g/mol. The van der Waals surface area contributed by atoms with E-state index in [1.807, 2.05) is 0 Å². The number of nitrogens with zero attached hydrogens (tertiary/aromatic N) is 3. The van der Waals surface area contributed by atoms with E-state index >= 15 is 0 Å². The Balaban J connectivity index is 2.01. The molecule has 0 saturated heterocycles. The number of amides is 1. The molecule has 0 unspecified atom stereocenters. The van der Waals surface area contributed by atoms with Crippen molar-refractivity contribution in [2.24, 2.45) is 5.73 Å². The second kappa shape index (κ2) is 5.93. The van der Waals surface area contributed by atoms with Gasteiger partial charge in [-0.25, -0.2) is 17.9 Å². The lowest BCUT2D eigenvalue weighted by Crippen LogP contribution is -2.14. The molecule has 0 aliphatic rings. The van der Waals surface area contributed by atoms with Gasteiger partial charge in [0.05, 0.1) is 17.0 Å². The van der Waals surface area contributed by atoms with E-state index in [1.54, 1.807) is 43.3 Å². The molecule has 9 heteroatoms. The first-order valence-corrected chi connectivity index (χ1v) is 8.73. The van der Waals surface area contributed by atoms with E-state index in [2.05, 4.69) is 21.1 Å². The zero-order valence-electron chi connectivity index (χ0n) is 12.7. The van der Waals surface area contributed by atoms with Gasteiger partial charge in [0, 0.05) is 11.3 Å². The molecule has 2 aromatic heterocycles. The van der Waals surface area contributed by atoms with Gasteiger partial charge in [0.2, 0.25) is 16.4 Å². The van der Waals surface area contributed by atoms with E-state index < -0.39 is 15.9 Å². The van der Waals surface area contributed by atoms with Crippen LogP contribution in [0.15, 0.2) is 36.4 Å². The summed E-state index contributed by atoms with van der Waals surface area (Å²) in [4.78, 5) is 15.4. The minimum Gasteiger partial charge on any atom is -0.365 e. The maximum atomic E-state index is 11.6. The van der Waals surface area contributed by atoms with Gasteiger partial charge in [0.25, 0.3) is 5.91 Å². The topological polar surface area (TPSA) is 119 Å². The van der Waals surface area contributed by atoms with Gasteiger partial charge in [0.15, 0.2) is 5.65 Å². The molecule has 1 radical (unpaired) electrons. The summed E-state index contributed by atoms with van der Waals surface area (Å²) in [5.41, 5.74) is 7.80. The fraction of sp³-hybridized carbons (Fsp3) is 0.133. The lowest BCUT2D eigenvalue weighted by atomic mass is 10.1. The van der Waals surface area contributed by atoms with Crippen LogP contribution in [0.1, 0.15) is 17.3 Å². The molecule has 0 atom stereocenters. The highest BCUT2D eigenvalue weighted by atomic mass is 32.2. The fourth-order valence-corrected chi connectivity index (χ4v) is 2.87. The van der Waals surface area contributed by atoms with Gasteiger partial charge in [-0.15, -0.1) is 5.10 Å². The normalized spacial score (nSPS) is 11.5. The molecule has 0 fully saturated rings. The van der Waals surface area contributed by atoms with Crippen LogP contribution in [0.3, 0.4) is 0 Å². The number of hydrogen-bond donors (Lipinski definition) is 2. The standard InChI is InChI=1S/C15H14N5O3S/c1-2-24(22,23)19-11-5-3-10(4-6-11)13-8-7-12(14(16)21)15-17-9-18-20(13)15/h3-8,19H,2H2,1H3,(H2,16,21). The van der Waals surface area contributed by atoms with Gasteiger partial charge < -0.3 is 5.73 Å². The first-order chi connectivity index (χ1) is 11.4. The number of hydrogen-bond acceptors (Lipinski definition) is 5. The second-order valence-corrected chi connectivity index (χ2v) is 7.04. The number of carbonyl (C=O) groups excluding carboxylic acids is 1. The Bertz CT molecular complexity index is 1010. The van der Waals surface area contributed by atoms with Crippen LogP contribution in [0.25, 0.3) is 16.9 Å². The number of primary amides is 1. The van der Waals surface area contributed by atoms with Gasteiger partial charge >= 0.3 is 0 Å². The molecule has 0 spiro atoms. The van der Waals surface area contributed by atoms with Crippen molar-refractivity contribution < 1.29 is 13.2 Å². The van der Waals surface area contributed by atoms with Gasteiger partial charge in [-0.05, 0) is 31.2 Å². The number of carbonyl (C=O) groups is 1.